The SMILES string of the molecule is O=C1C(Nc2ccccc2)=C(c2cccs2)C(=O)N1c1cc(Cl)ccc1Cl. The van der Waals surface area contributed by atoms with E-state index in [2.05, 4.69) is 5.32 Å². The maximum absolute atomic E-state index is 13.2. The Hall–Kier alpha value is -2.60. The highest BCUT2D eigenvalue weighted by molar-refractivity contribution is 7.11. The van der Waals surface area contributed by atoms with Gasteiger partial charge in [-0.3, -0.25) is 9.59 Å². The Morgan fingerprint density at radius 1 is 0.889 bits per heavy atom. The van der Waals surface area contributed by atoms with Gasteiger partial charge in [-0.2, -0.15) is 0 Å². The molecule has 134 valence electrons. The number of halogens is 2. The average Bonchev–Trinajstić information content (AvgIpc) is 3.26. The number of hydrogen-bond donors (Lipinski definition) is 1. The van der Waals surface area contributed by atoms with Gasteiger partial charge in [0.05, 0.1) is 16.3 Å². The number of carbonyl (C=O) groups is 2. The van der Waals surface area contributed by atoms with Crippen molar-refractivity contribution in [1.29, 1.82) is 0 Å². The standard InChI is InChI=1S/C20H12Cl2N2O2S/c21-12-8-9-14(22)15(11-12)24-19(25)17(16-7-4-10-27-16)18(20(24)26)23-13-5-2-1-3-6-13/h1-11,23H. The largest absolute Gasteiger partial charge is 0.350 e. The van der Waals surface area contributed by atoms with Crippen LogP contribution in [0.3, 0.4) is 0 Å². The minimum atomic E-state index is -0.476. The topological polar surface area (TPSA) is 49.4 Å². The first kappa shape index (κ1) is 17.8. The Bertz CT molecular complexity index is 1060. The van der Waals surface area contributed by atoms with E-state index in [0.29, 0.717) is 21.2 Å². The molecule has 1 aliphatic rings. The third-order valence-corrected chi connectivity index (χ3v) is 5.49. The third kappa shape index (κ3) is 3.25. The molecule has 1 aliphatic heterocycles. The number of imide groups is 1. The van der Waals surface area contributed by atoms with Crippen molar-refractivity contribution in [3.05, 3.63) is 86.7 Å². The van der Waals surface area contributed by atoms with E-state index in [0.717, 1.165) is 4.90 Å². The molecule has 27 heavy (non-hydrogen) atoms. The second kappa shape index (κ2) is 7.19. The lowest BCUT2D eigenvalue weighted by atomic mass is 10.2. The van der Waals surface area contributed by atoms with Crippen LogP contribution in [0.25, 0.3) is 5.57 Å². The molecule has 0 aliphatic carbocycles. The quantitative estimate of drug-likeness (QED) is 0.577. The second-order valence-electron chi connectivity index (χ2n) is 5.76. The van der Waals surface area contributed by atoms with Gasteiger partial charge in [0.25, 0.3) is 11.8 Å². The molecule has 4 rings (SSSR count). The molecular weight excluding hydrogens is 403 g/mol. The Balaban J connectivity index is 1.83. The molecule has 2 heterocycles. The van der Waals surface area contributed by atoms with Gasteiger partial charge in [-0.1, -0.05) is 47.5 Å². The molecule has 7 heteroatoms. The van der Waals surface area contributed by atoms with Gasteiger partial charge >= 0.3 is 0 Å². The molecule has 0 fully saturated rings. The smallest absolute Gasteiger partial charge is 0.282 e. The normalized spacial score (nSPS) is 14.2. The fraction of sp³-hybridized carbons (Fsp3) is 0. The van der Waals surface area contributed by atoms with Gasteiger partial charge in [-0.15, -0.1) is 11.3 Å². The van der Waals surface area contributed by atoms with Crippen LogP contribution in [0.15, 0.2) is 71.7 Å². The number of rotatable bonds is 4. The van der Waals surface area contributed by atoms with Crippen LogP contribution in [0.5, 0.6) is 0 Å². The lowest BCUT2D eigenvalue weighted by molar-refractivity contribution is -0.120. The number of carbonyl (C=O) groups excluding carboxylic acids is 2. The van der Waals surface area contributed by atoms with Crippen molar-refractivity contribution in [2.75, 3.05) is 10.2 Å². The van der Waals surface area contributed by atoms with Crippen LogP contribution < -0.4 is 10.2 Å². The molecule has 0 atom stereocenters. The zero-order valence-corrected chi connectivity index (χ0v) is 16.1. The summed E-state index contributed by atoms with van der Waals surface area (Å²) < 4.78 is 0. The number of amides is 2. The molecule has 3 aromatic rings. The summed E-state index contributed by atoms with van der Waals surface area (Å²) in [5, 5.41) is 5.60. The molecule has 0 radical (unpaired) electrons. The van der Waals surface area contributed by atoms with Crippen LogP contribution in [-0.4, -0.2) is 11.8 Å². The van der Waals surface area contributed by atoms with Crippen molar-refractivity contribution in [2.24, 2.45) is 0 Å². The van der Waals surface area contributed by atoms with E-state index < -0.39 is 11.8 Å². The molecule has 0 saturated carbocycles. The Labute approximate surface area is 169 Å². The van der Waals surface area contributed by atoms with Crippen LogP contribution in [-0.2, 0) is 9.59 Å². The lowest BCUT2D eigenvalue weighted by Gasteiger charge is -2.17. The van der Waals surface area contributed by atoms with Gasteiger partial charge in [0.1, 0.15) is 5.70 Å². The second-order valence-corrected chi connectivity index (χ2v) is 7.55. The van der Waals surface area contributed by atoms with Crippen molar-refractivity contribution in [2.45, 2.75) is 0 Å². The summed E-state index contributed by atoms with van der Waals surface area (Å²) in [6.45, 7) is 0. The Kier molecular flexibility index (Phi) is 4.74. The maximum atomic E-state index is 13.2. The van der Waals surface area contributed by atoms with Crippen LogP contribution in [0.1, 0.15) is 4.88 Å². The van der Waals surface area contributed by atoms with Crippen molar-refractivity contribution in [3.63, 3.8) is 0 Å². The maximum Gasteiger partial charge on any atom is 0.282 e. The van der Waals surface area contributed by atoms with E-state index in [4.69, 9.17) is 23.2 Å². The summed E-state index contributed by atoms with van der Waals surface area (Å²) in [4.78, 5) is 28.1. The average molecular weight is 415 g/mol. The van der Waals surface area contributed by atoms with E-state index >= 15 is 0 Å². The number of benzene rings is 2. The van der Waals surface area contributed by atoms with E-state index in [1.54, 1.807) is 18.2 Å². The first-order valence-corrected chi connectivity index (χ1v) is 9.64. The predicted octanol–water partition coefficient (Wildman–Crippen LogP) is 5.45. The van der Waals surface area contributed by atoms with Gasteiger partial charge in [-0.05, 0) is 41.8 Å². The van der Waals surface area contributed by atoms with Gasteiger partial charge < -0.3 is 5.32 Å². The zero-order chi connectivity index (χ0) is 19.0. The van der Waals surface area contributed by atoms with E-state index in [9.17, 15) is 9.59 Å². The molecule has 1 N–H and O–H groups in total. The van der Waals surface area contributed by atoms with E-state index in [-0.39, 0.29) is 16.4 Å². The third-order valence-electron chi connectivity index (χ3n) is 4.04. The lowest BCUT2D eigenvalue weighted by Crippen LogP contribution is -2.32. The van der Waals surface area contributed by atoms with Crippen LogP contribution >= 0.6 is 34.5 Å². The molecule has 0 saturated heterocycles. The van der Waals surface area contributed by atoms with Crippen LogP contribution in [0.4, 0.5) is 11.4 Å². The van der Waals surface area contributed by atoms with Crippen LogP contribution in [0.2, 0.25) is 10.0 Å². The van der Waals surface area contributed by atoms with Crippen LogP contribution in [0, 0.1) is 0 Å². The fourth-order valence-corrected chi connectivity index (χ4v) is 3.97. The first-order chi connectivity index (χ1) is 13.1. The summed E-state index contributed by atoms with van der Waals surface area (Å²) in [5.74, 6) is -0.915. The van der Waals surface area contributed by atoms with Gasteiger partial charge in [0.2, 0.25) is 0 Å². The first-order valence-electron chi connectivity index (χ1n) is 8.00. The summed E-state index contributed by atoms with van der Waals surface area (Å²) in [6.07, 6.45) is 0. The summed E-state index contributed by atoms with van der Waals surface area (Å²) in [6, 6.07) is 17.5. The molecule has 4 nitrogen and oxygen atoms in total. The Morgan fingerprint density at radius 3 is 2.37 bits per heavy atom. The van der Waals surface area contributed by atoms with Crippen molar-refractivity contribution in [3.8, 4) is 0 Å². The van der Waals surface area contributed by atoms with Crippen molar-refractivity contribution in [1.82, 2.24) is 0 Å². The molecule has 0 unspecified atom stereocenters. The number of thiophene rings is 1. The Morgan fingerprint density at radius 2 is 1.67 bits per heavy atom. The van der Waals surface area contributed by atoms with Gasteiger partial charge in [-0.25, -0.2) is 4.90 Å². The minimum Gasteiger partial charge on any atom is -0.350 e. The molecule has 1 aromatic heterocycles. The summed E-state index contributed by atoms with van der Waals surface area (Å²) in [5.41, 5.74) is 1.50. The molecule has 0 spiro atoms. The number of hydrogen-bond acceptors (Lipinski definition) is 4. The molecular formula is C20H12Cl2N2O2S. The van der Waals surface area contributed by atoms with Crippen molar-refractivity contribution >= 4 is 63.3 Å². The summed E-state index contributed by atoms with van der Waals surface area (Å²) in [7, 11) is 0. The highest BCUT2D eigenvalue weighted by Gasteiger charge is 2.41. The minimum absolute atomic E-state index is 0.213. The van der Waals surface area contributed by atoms with Gasteiger partial charge in [0.15, 0.2) is 0 Å². The fourth-order valence-electron chi connectivity index (χ4n) is 2.84. The number of para-hydroxylation sites is 1. The summed E-state index contributed by atoms with van der Waals surface area (Å²) >= 11 is 13.7. The van der Waals surface area contributed by atoms with Crippen molar-refractivity contribution < 1.29 is 9.59 Å². The molecule has 0 bridgehead atoms. The number of anilines is 2. The monoisotopic (exact) mass is 414 g/mol. The van der Waals surface area contributed by atoms with E-state index in [1.165, 1.54) is 17.4 Å². The number of nitrogens with zero attached hydrogens (tertiary/aromatic N) is 1. The molecule has 2 aromatic carbocycles. The zero-order valence-electron chi connectivity index (χ0n) is 13.8. The van der Waals surface area contributed by atoms with E-state index in [1.807, 2.05) is 41.8 Å². The highest BCUT2D eigenvalue weighted by atomic mass is 35.5. The van der Waals surface area contributed by atoms with Gasteiger partial charge in [0, 0.05) is 15.6 Å². The predicted molar refractivity (Wildman–Crippen MR) is 110 cm³/mol. The number of nitrogens with one attached hydrogen (secondary N) is 1. The highest BCUT2D eigenvalue weighted by Crippen LogP contribution is 2.38. The molecule has 2 amide bonds.